The summed E-state index contributed by atoms with van der Waals surface area (Å²) in [5, 5.41) is 16.8. The van der Waals surface area contributed by atoms with E-state index >= 15 is 0 Å². The zero-order chi connectivity index (χ0) is 41.1. The van der Waals surface area contributed by atoms with Crippen LogP contribution < -0.4 is 10.3 Å². The minimum Gasteiger partial charge on any atom is -0.308 e. The van der Waals surface area contributed by atoms with Gasteiger partial charge in [0.1, 0.15) is 0 Å². The van der Waals surface area contributed by atoms with Crippen molar-refractivity contribution in [2.24, 2.45) is 0 Å². The quantitative estimate of drug-likeness (QED) is 0.158. The monoisotopic (exact) mass is 810 g/mol. The van der Waals surface area contributed by atoms with Gasteiger partial charge in [0.15, 0.2) is 0 Å². The van der Waals surface area contributed by atoms with Crippen LogP contribution in [-0.2, 0) is 0 Å². The maximum absolute atomic E-state index is 9.57. The lowest BCUT2D eigenvalue weighted by Crippen LogP contribution is -2.14. The Bertz CT molecular complexity index is 3550. The first-order valence-electron chi connectivity index (χ1n) is 20.9. The maximum Gasteiger partial charge on any atom is 0.0716 e. The van der Waals surface area contributed by atoms with Crippen molar-refractivity contribution in [3.8, 4) is 22.3 Å². The number of rotatable bonds is 7. The molecule has 0 saturated carbocycles. The van der Waals surface area contributed by atoms with Crippen LogP contribution in [0.15, 0.2) is 228 Å². The number of hydrogen-bond acceptors (Lipinski definition) is 4. The third kappa shape index (κ3) is 5.97. The Hall–Kier alpha value is -7.86. The Labute approximate surface area is 363 Å². The molecule has 4 nitrogen and oxygen atoms in total. The van der Waals surface area contributed by atoms with E-state index in [0.29, 0.717) is 5.71 Å². The first-order valence-corrected chi connectivity index (χ1v) is 21.7. The smallest absolute Gasteiger partial charge is 0.0716 e. The molecule has 0 bridgehead atoms. The van der Waals surface area contributed by atoms with E-state index in [4.69, 9.17) is 0 Å². The summed E-state index contributed by atoms with van der Waals surface area (Å²) in [4.78, 5) is 4.85. The van der Waals surface area contributed by atoms with Crippen LogP contribution >= 0.6 is 11.8 Å². The molecule has 292 valence electrons. The third-order valence-corrected chi connectivity index (χ3v) is 13.4. The summed E-state index contributed by atoms with van der Waals surface area (Å²) in [5.74, 6) is 0. The summed E-state index contributed by atoms with van der Waals surface area (Å²) in [6.07, 6.45) is 0. The van der Waals surface area contributed by atoms with Crippen LogP contribution in [0.5, 0.6) is 0 Å². The second kappa shape index (κ2) is 14.7. The van der Waals surface area contributed by atoms with Crippen molar-refractivity contribution in [1.82, 2.24) is 4.68 Å². The predicted octanol–water partition coefficient (Wildman–Crippen LogP) is 15.7. The molecule has 1 aliphatic heterocycles. The summed E-state index contributed by atoms with van der Waals surface area (Å²) >= 11 is 1.82. The number of nitrogens with one attached hydrogen (secondary N) is 2. The Kier molecular flexibility index (Phi) is 8.54. The molecule has 0 aliphatic carbocycles. The van der Waals surface area contributed by atoms with E-state index in [1.807, 2.05) is 30.0 Å². The Balaban J connectivity index is 0.964. The topological polar surface area (TPSA) is 44.1 Å². The molecule has 0 amide bonds. The van der Waals surface area contributed by atoms with Crippen LogP contribution in [0.2, 0.25) is 0 Å². The van der Waals surface area contributed by atoms with Crippen molar-refractivity contribution in [3.05, 3.63) is 230 Å². The van der Waals surface area contributed by atoms with Gasteiger partial charge in [-0.3, -0.25) is 15.5 Å². The van der Waals surface area contributed by atoms with Crippen LogP contribution in [0.4, 0.5) is 22.7 Å². The van der Waals surface area contributed by atoms with Gasteiger partial charge in [-0.2, -0.15) is 0 Å². The van der Waals surface area contributed by atoms with E-state index in [2.05, 4.69) is 215 Å². The Morgan fingerprint density at radius 3 is 1.98 bits per heavy atom. The standard InChI is InChI=1S/C57H38N4S/c58-57(40-27-25-39(26-28-40)45-21-12-15-37-13-4-6-18-44(37)45)47-20-8-9-22-49(47)59-61-51-33-30-38-14-5-7-19-46(38)56(51)48-32-29-41(35-52(48)61)42-31-34-55-53(36-42)60(43-16-2-1-3-17-43)50-23-10-11-24-54(50)62-55/h1-36,58-59H. The van der Waals surface area contributed by atoms with Crippen LogP contribution in [0.1, 0.15) is 11.1 Å². The summed E-state index contributed by atoms with van der Waals surface area (Å²) in [6.45, 7) is 0. The van der Waals surface area contributed by atoms with Crippen LogP contribution in [-0.4, -0.2) is 10.4 Å². The SMILES string of the molecule is N=C(c1ccc(-c2cccc3ccccc23)cc1)c1ccccc1Nn1c2cc(-c3ccc4c(c3)N(c3ccccc3)c3ccccc3S4)ccc2c2c3ccccc3ccc21. The van der Waals surface area contributed by atoms with Gasteiger partial charge in [0.25, 0.3) is 0 Å². The number of nitrogens with zero attached hydrogens (tertiary/aromatic N) is 2. The van der Waals surface area contributed by atoms with E-state index in [1.54, 1.807) is 0 Å². The summed E-state index contributed by atoms with van der Waals surface area (Å²) in [7, 11) is 0. The molecule has 1 aromatic heterocycles. The molecular formula is C57H38N4S. The number of anilines is 4. The van der Waals surface area contributed by atoms with Crippen molar-refractivity contribution < 1.29 is 0 Å². The van der Waals surface area contributed by atoms with Gasteiger partial charge in [-0.1, -0.05) is 176 Å². The Morgan fingerprint density at radius 1 is 0.452 bits per heavy atom. The zero-order valence-corrected chi connectivity index (χ0v) is 34.4. The largest absolute Gasteiger partial charge is 0.308 e. The van der Waals surface area contributed by atoms with Crippen LogP contribution in [0, 0.1) is 5.41 Å². The first-order chi connectivity index (χ1) is 30.7. The average molecular weight is 811 g/mol. The fourth-order valence-electron chi connectivity index (χ4n) is 9.25. The molecular weight excluding hydrogens is 773 g/mol. The van der Waals surface area contributed by atoms with E-state index in [0.717, 1.165) is 55.6 Å². The molecule has 0 spiro atoms. The second-order valence-corrected chi connectivity index (χ2v) is 16.9. The molecule has 0 unspecified atom stereocenters. The Morgan fingerprint density at radius 2 is 1.11 bits per heavy atom. The summed E-state index contributed by atoms with van der Waals surface area (Å²) < 4.78 is 2.22. The molecule has 10 aromatic carbocycles. The minimum atomic E-state index is 0.459. The highest BCUT2D eigenvalue weighted by Crippen LogP contribution is 2.52. The van der Waals surface area contributed by atoms with Crippen LogP contribution in [0.3, 0.4) is 0 Å². The second-order valence-electron chi connectivity index (χ2n) is 15.8. The van der Waals surface area contributed by atoms with Crippen molar-refractivity contribution in [1.29, 1.82) is 5.41 Å². The fourth-order valence-corrected chi connectivity index (χ4v) is 10.3. The average Bonchev–Trinajstić information content (AvgIpc) is 3.65. The lowest BCUT2D eigenvalue weighted by Gasteiger charge is -2.33. The van der Waals surface area contributed by atoms with E-state index < -0.39 is 0 Å². The van der Waals surface area contributed by atoms with Gasteiger partial charge in [-0.15, -0.1) is 0 Å². The molecule has 0 saturated heterocycles. The number of fused-ring (bicyclic) bond motifs is 8. The molecule has 12 rings (SSSR count). The molecule has 2 heterocycles. The highest BCUT2D eigenvalue weighted by molar-refractivity contribution is 7.99. The molecule has 0 fully saturated rings. The minimum absolute atomic E-state index is 0.459. The van der Waals surface area contributed by atoms with Gasteiger partial charge in [-0.05, 0) is 98.4 Å². The third-order valence-electron chi connectivity index (χ3n) is 12.2. The molecule has 0 atom stereocenters. The molecule has 1 aliphatic rings. The van der Waals surface area contributed by atoms with E-state index in [1.165, 1.54) is 53.7 Å². The van der Waals surface area contributed by atoms with E-state index in [-0.39, 0.29) is 0 Å². The van der Waals surface area contributed by atoms with Gasteiger partial charge >= 0.3 is 0 Å². The van der Waals surface area contributed by atoms with Gasteiger partial charge in [-0.25, -0.2) is 0 Å². The molecule has 2 N–H and O–H groups in total. The van der Waals surface area contributed by atoms with E-state index in [9.17, 15) is 5.41 Å². The fraction of sp³-hybridized carbons (Fsp3) is 0. The number of hydrogen-bond donors (Lipinski definition) is 2. The molecule has 5 heteroatoms. The highest BCUT2D eigenvalue weighted by atomic mass is 32.2. The van der Waals surface area contributed by atoms with Crippen molar-refractivity contribution in [3.63, 3.8) is 0 Å². The summed E-state index contributed by atoms with van der Waals surface area (Å²) in [6, 6.07) is 77.6. The summed E-state index contributed by atoms with van der Waals surface area (Å²) in [5.41, 5.74) is 17.1. The number of benzene rings is 10. The first kappa shape index (κ1) is 36.0. The van der Waals surface area contributed by atoms with Crippen LogP contribution in [0.25, 0.3) is 65.6 Å². The zero-order valence-electron chi connectivity index (χ0n) is 33.6. The van der Waals surface area contributed by atoms with Gasteiger partial charge < -0.3 is 4.90 Å². The molecule has 62 heavy (non-hydrogen) atoms. The lowest BCUT2D eigenvalue weighted by molar-refractivity contribution is 1.06. The number of aromatic nitrogens is 1. The van der Waals surface area contributed by atoms with Gasteiger partial charge in [0, 0.05) is 37.4 Å². The predicted molar refractivity (Wildman–Crippen MR) is 262 cm³/mol. The number of para-hydroxylation sites is 3. The van der Waals surface area contributed by atoms with Gasteiger partial charge in [0.2, 0.25) is 0 Å². The normalized spacial score (nSPS) is 12.2. The lowest BCUT2D eigenvalue weighted by atomic mass is 9.95. The van der Waals surface area contributed by atoms with Crippen molar-refractivity contribution in [2.75, 3.05) is 10.3 Å². The molecule has 0 radical (unpaired) electrons. The van der Waals surface area contributed by atoms with Gasteiger partial charge in [0.05, 0.1) is 33.8 Å². The molecule has 11 aromatic rings. The maximum atomic E-state index is 9.57. The highest BCUT2D eigenvalue weighted by Gasteiger charge is 2.25. The van der Waals surface area contributed by atoms with Crippen molar-refractivity contribution in [2.45, 2.75) is 9.79 Å². The van der Waals surface area contributed by atoms with Crippen molar-refractivity contribution >= 4 is 83.6 Å².